The molecule has 1 aromatic carbocycles. The molecule has 0 saturated carbocycles. The van der Waals surface area contributed by atoms with Crippen molar-refractivity contribution in [3.05, 3.63) is 23.8 Å². The van der Waals surface area contributed by atoms with Crippen molar-refractivity contribution in [2.45, 2.75) is 16.8 Å². The summed E-state index contributed by atoms with van der Waals surface area (Å²) in [6, 6.07) is 6.16. The lowest BCUT2D eigenvalue weighted by Crippen LogP contribution is -2.00. The van der Waals surface area contributed by atoms with Crippen molar-refractivity contribution in [1.82, 2.24) is 0 Å². The number of nitrogens with zero attached hydrogens (tertiary/aromatic N) is 1. The topological polar surface area (TPSA) is 33.0 Å². The first kappa shape index (κ1) is 12.7. The predicted molar refractivity (Wildman–Crippen MR) is 54.2 cm³/mol. The summed E-state index contributed by atoms with van der Waals surface area (Å²) >= 11 is -0.229. The Kier molecular flexibility index (Phi) is 4.07. The van der Waals surface area contributed by atoms with E-state index in [9.17, 15) is 13.2 Å². The second-order valence-electron chi connectivity index (χ2n) is 2.87. The number of ether oxygens (including phenoxy) is 1. The summed E-state index contributed by atoms with van der Waals surface area (Å²) in [5.74, 6) is 0.134. The van der Waals surface area contributed by atoms with E-state index in [4.69, 9.17) is 10.00 Å². The molecule has 0 amide bonds. The van der Waals surface area contributed by atoms with Crippen molar-refractivity contribution in [2.75, 3.05) is 7.11 Å². The summed E-state index contributed by atoms with van der Waals surface area (Å²) in [6.45, 7) is 0. The number of hydrogen-bond acceptors (Lipinski definition) is 3. The maximum absolute atomic E-state index is 12.2. The Hall–Kier alpha value is -1.35. The van der Waals surface area contributed by atoms with Gasteiger partial charge in [-0.05, 0) is 29.5 Å². The van der Waals surface area contributed by atoms with Gasteiger partial charge >= 0.3 is 5.51 Å². The van der Waals surface area contributed by atoms with Crippen LogP contribution in [0, 0.1) is 11.3 Å². The molecule has 0 atom stereocenters. The third kappa shape index (κ3) is 3.66. The highest BCUT2D eigenvalue weighted by molar-refractivity contribution is 8.00. The molecule has 0 unspecified atom stereocenters. The van der Waals surface area contributed by atoms with Crippen LogP contribution in [0.4, 0.5) is 13.2 Å². The molecule has 0 heterocycles. The maximum Gasteiger partial charge on any atom is 0.446 e. The van der Waals surface area contributed by atoms with Gasteiger partial charge in [0.1, 0.15) is 5.75 Å². The van der Waals surface area contributed by atoms with E-state index in [1.807, 2.05) is 6.07 Å². The highest BCUT2D eigenvalue weighted by atomic mass is 32.2. The van der Waals surface area contributed by atoms with Gasteiger partial charge in [0.15, 0.2) is 0 Å². The lowest BCUT2D eigenvalue weighted by molar-refractivity contribution is -0.0328. The minimum absolute atomic E-state index is 0.00307. The van der Waals surface area contributed by atoms with E-state index in [1.54, 1.807) is 0 Å². The molecule has 0 radical (unpaired) electrons. The zero-order chi connectivity index (χ0) is 12.2. The molecule has 6 heteroatoms. The Morgan fingerprint density at radius 3 is 2.62 bits per heavy atom. The fourth-order valence-corrected chi connectivity index (χ4v) is 1.75. The molecule has 0 N–H and O–H groups in total. The van der Waals surface area contributed by atoms with Gasteiger partial charge in [-0.25, -0.2) is 0 Å². The van der Waals surface area contributed by atoms with Crippen molar-refractivity contribution < 1.29 is 17.9 Å². The van der Waals surface area contributed by atoms with Crippen LogP contribution < -0.4 is 4.74 Å². The second-order valence-corrected chi connectivity index (χ2v) is 3.97. The first-order chi connectivity index (χ1) is 7.46. The standard InChI is InChI=1S/C10H8F3NOS/c1-15-8-6-7(4-5-14)2-3-9(8)16-10(11,12)13/h2-3,6H,4H2,1H3. The fourth-order valence-electron chi connectivity index (χ4n) is 1.12. The van der Waals surface area contributed by atoms with Crippen molar-refractivity contribution in [1.29, 1.82) is 5.26 Å². The Balaban J connectivity index is 2.98. The molecule has 16 heavy (non-hydrogen) atoms. The molecule has 0 saturated heterocycles. The zero-order valence-corrected chi connectivity index (χ0v) is 9.15. The van der Waals surface area contributed by atoms with Crippen molar-refractivity contribution in [3.63, 3.8) is 0 Å². The highest BCUT2D eigenvalue weighted by Crippen LogP contribution is 2.41. The number of thioether (sulfide) groups is 1. The molecular formula is C10H8F3NOS. The summed E-state index contributed by atoms with van der Waals surface area (Å²) < 4.78 is 41.3. The van der Waals surface area contributed by atoms with E-state index in [1.165, 1.54) is 25.3 Å². The first-order valence-electron chi connectivity index (χ1n) is 4.26. The number of methoxy groups -OCH3 is 1. The van der Waals surface area contributed by atoms with E-state index in [0.29, 0.717) is 5.56 Å². The molecule has 0 fully saturated rings. The van der Waals surface area contributed by atoms with E-state index in [0.717, 1.165) is 0 Å². The summed E-state index contributed by atoms with van der Waals surface area (Å²) in [5.41, 5.74) is -3.71. The molecule has 0 aliphatic carbocycles. The molecule has 0 aromatic heterocycles. The Morgan fingerprint density at radius 1 is 1.44 bits per heavy atom. The minimum Gasteiger partial charge on any atom is -0.496 e. The third-order valence-corrected chi connectivity index (χ3v) is 2.53. The van der Waals surface area contributed by atoms with Crippen LogP contribution in [-0.4, -0.2) is 12.6 Å². The maximum atomic E-state index is 12.2. The number of halogens is 3. The highest BCUT2D eigenvalue weighted by Gasteiger charge is 2.30. The SMILES string of the molecule is COc1cc(CC#N)ccc1SC(F)(F)F. The van der Waals surface area contributed by atoms with E-state index in [-0.39, 0.29) is 28.8 Å². The van der Waals surface area contributed by atoms with Gasteiger partial charge in [0.2, 0.25) is 0 Å². The number of rotatable bonds is 3. The molecule has 0 spiro atoms. The van der Waals surface area contributed by atoms with Crippen LogP contribution in [0.1, 0.15) is 5.56 Å². The molecule has 2 nitrogen and oxygen atoms in total. The number of alkyl halides is 3. The van der Waals surface area contributed by atoms with E-state index >= 15 is 0 Å². The van der Waals surface area contributed by atoms with Crippen LogP contribution in [0.15, 0.2) is 23.1 Å². The normalized spacial score (nSPS) is 10.9. The second kappa shape index (κ2) is 5.12. The van der Waals surface area contributed by atoms with Gasteiger partial charge in [0.25, 0.3) is 0 Å². The van der Waals surface area contributed by atoms with Crippen LogP contribution in [0.2, 0.25) is 0 Å². The molecule has 0 aliphatic rings. The Bertz CT molecular complexity index is 412. The van der Waals surface area contributed by atoms with Gasteiger partial charge in [-0.3, -0.25) is 0 Å². The van der Waals surface area contributed by atoms with Gasteiger partial charge in [-0.2, -0.15) is 18.4 Å². The number of hydrogen-bond donors (Lipinski definition) is 0. The van der Waals surface area contributed by atoms with Crippen LogP contribution in [0.3, 0.4) is 0 Å². The Morgan fingerprint density at radius 2 is 2.12 bits per heavy atom. The predicted octanol–water partition coefficient (Wildman–Crippen LogP) is 3.37. The molecule has 86 valence electrons. The van der Waals surface area contributed by atoms with Crippen LogP contribution >= 0.6 is 11.8 Å². The summed E-state index contributed by atoms with van der Waals surface area (Å²) in [5, 5.41) is 8.46. The lowest BCUT2D eigenvalue weighted by atomic mass is 10.1. The van der Waals surface area contributed by atoms with Gasteiger partial charge in [0.05, 0.1) is 24.5 Å². The van der Waals surface area contributed by atoms with Crippen LogP contribution in [-0.2, 0) is 6.42 Å². The van der Waals surface area contributed by atoms with Crippen molar-refractivity contribution in [2.24, 2.45) is 0 Å². The average Bonchev–Trinajstić information content (AvgIpc) is 2.18. The first-order valence-corrected chi connectivity index (χ1v) is 5.07. The summed E-state index contributed by atoms with van der Waals surface area (Å²) in [4.78, 5) is -0.00307. The molecule has 1 aromatic rings. The number of benzene rings is 1. The molecule has 1 rings (SSSR count). The lowest BCUT2D eigenvalue weighted by Gasteiger charge is -2.10. The Labute approximate surface area is 95.0 Å². The van der Waals surface area contributed by atoms with Crippen molar-refractivity contribution >= 4 is 11.8 Å². The zero-order valence-electron chi connectivity index (χ0n) is 8.34. The van der Waals surface area contributed by atoms with Gasteiger partial charge < -0.3 is 4.74 Å². The molecular weight excluding hydrogens is 239 g/mol. The van der Waals surface area contributed by atoms with Crippen LogP contribution in [0.25, 0.3) is 0 Å². The quantitative estimate of drug-likeness (QED) is 0.768. The van der Waals surface area contributed by atoms with Gasteiger partial charge in [-0.15, -0.1) is 0 Å². The molecule has 0 aliphatic heterocycles. The largest absolute Gasteiger partial charge is 0.496 e. The monoisotopic (exact) mass is 247 g/mol. The van der Waals surface area contributed by atoms with Crippen LogP contribution in [0.5, 0.6) is 5.75 Å². The summed E-state index contributed by atoms with van der Waals surface area (Å²) in [7, 11) is 1.30. The average molecular weight is 247 g/mol. The number of nitriles is 1. The summed E-state index contributed by atoms with van der Waals surface area (Å²) in [6.07, 6.45) is 0.146. The molecule has 0 bridgehead atoms. The van der Waals surface area contributed by atoms with Gasteiger partial charge in [-0.1, -0.05) is 6.07 Å². The minimum atomic E-state index is -4.34. The van der Waals surface area contributed by atoms with Gasteiger partial charge in [0, 0.05) is 0 Å². The smallest absolute Gasteiger partial charge is 0.446 e. The van der Waals surface area contributed by atoms with Crippen molar-refractivity contribution in [3.8, 4) is 11.8 Å². The fraction of sp³-hybridized carbons (Fsp3) is 0.300. The van der Waals surface area contributed by atoms with E-state index < -0.39 is 5.51 Å². The van der Waals surface area contributed by atoms with E-state index in [2.05, 4.69) is 0 Å². The third-order valence-electron chi connectivity index (χ3n) is 1.74.